The van der Waals surface area contributed by atoms with E-state index in [9.17, 15) is 4.79 Å². The van der Waals surface area contributed by atoms with Crippen molar-refractivity contribution in [2.24, 2.45) is 4.99 Å². The van der Waals surface area contributed by atoms with E-state index in [1.165, 1.54) is 11.1 Å². The fourth-order valence-corrected chi connectivity index (χ4v) is 3.59. The van der Waals surface area contributed by atoms with E-state index in [0.29, 0.717) is 19.6 Å². The summed E-state index contributed by atoms with van der Waals surface area (Å²) in [4.78, 5) is 16.2. The second kappa shape index (κ2) is 10.9. The summed E-state index contributed by atoms with van der Waals surface area (Å²) in [5.41, 5.74) is 4.66. The van der Waals surface area contributed by atoms with Gasteiger partial charge in [0.25, 0.3) is 5.56 Å². The van der Waals surface area contributed by atoms with Crippen molar-refractivity contribution in [2.75, 3.05) is 7.05 Å². The summed E-state index contributed by atoms with van der Waals surface area (Å²) >= 11 is 0. The first-order chi connectivity index (χ1) is 16.2. The number of nitrogens with zero attached hydrogens (tertiary/aromatic N) is 4. The van der Waals surface area contributed by atoms with Gasteiger partial charge in [-0.3, -0.25) is 14.5 Å². The Morgan fingerprint density at radius 2 is 1.55 bits per heavy atom. The third-order valence-corrected chi connectivity index (χ3v) is 5.41. The van der Waals surface area contributed by atoms with Gasteiger partial charge in [0.2, 0.25) is 0 Å². The van der Waals surface area contributed by atoms with Gasteiger partial charge in [0.1, 0.15) is 0 Å². The minimum absolute atomic E-state index is 0.00399. The number of benzene rings is 2. The van der Waals surface area contributed by atoms with Crippen molar-refractivity contribution in [2.45, 2.75) is 26.2 Å². The van der Waals surface area contributed by atoms with Crippen LogP contribution in [-0.2, 0) is 26.2 Å². The number of aromatic nitrogens is 3. The largest absolute Gasteiger partial charge is 0.352 e. The van der Waals surface area contributed by atoms with Crippen molar-refractivity contribution in [3.8, 4) is 0 Å². The van der Waals surface area contributed by atoms with Gasteiger partial charge in [0.15, 0.2) is 5.96 Å². The molecule has 0 amide bonds. The van der Waals surface area contributed by atoms with E-state index in [1.54, 1.807) is 36.1 Å². The van der Waals surface area contributed by atoms with E-state index in [2.05, 4.69) is 57.1 Å². The summed E-state index contributed by atoms with van der Waals surface area (Å²) in [6, 6.07) is 23.7. The number of pyridine rings is 1. The highest BCUT2D eigenvalue weighted by Gasteiger charge is 2.05. The van der Waals surface area contributed by atoms with Gasteiger partial charge < -0.3 is 15.2 Å². The lowest BCUT2D eigenvalue weighted by Gasteiger charge is -2.15. The lowest BCUT2D eigenvalue weighted by Crippen LogP contribution is -2.36. The smallest absolute Gasteiger partial charge is 0.250 e. The van der Waals surface area contributed by atoms with E-state index < -0.39 is 0 Å². The molecule has 0 unspecified atom stereocenters. The molecule has 0 bridgehead atoms. The molecule has 2 aromatic carbocycles. The van der Waals surface area contributed by atoms with Gasteiger partial charge >= 0.3 is 0 Å². The molecule has 4 aromatic rings. The van der Waals surface area contributed by atoms with Crippen LogP contribution < -0.4 is 16.2 Å². The molecule has 4 rings (SSSR count). The molecule has 0 radical (unpaired) electrons. The summed E-state index contributed by atoms with van der Waals surface area (Å²) < 4.78 is 3.62. The Kier molecular flexibility index (Phi) is 7.33. The maximum Gasteiger partial charge on any atom is 0.250 e. The quantitative estimate of drug-likeness (QED) is 0.326. The molecule has 0 atom stereocenters. The van der Waals surface area contributed by atoms with E-state index in [4.69, 9.17) is 0 Å². The summed E-state index contributed by atoms with van der Waals surface area (Å²) in [5, 5.41) is 11.1. The van der Waals surface area contributed by atoms with Crippen molar-refractivity contribution < 1.29 is 0 Å². The van der Waals surface area contributed by atoms with Gasteiger partial charge in [0, 0.05) is 44.8 Å². The molecule has 0 fully saturated rings. The highest BCUT2D eigenvalue weighted by atomic mass is 16.1. The van der Waals surface area contributed by atoms with Gasteiger partial charge in [-0.1, -0.05) is 54.6 Å². The fraction of sp³-hybridized carbons (Fsp3) is 0.192. The van der Waals surface area contributed by atoms with E-state index in [1.807, 2.05) is 35.1 Å². The summed E-state index contributed by atoms with van der Waals surface area (Å²) in [7, 11) is 1.77. The zero-order valence-electron chi connectivity index (χ0n) is 18.7. The number of rotatable bonds is 8. The van der Waals surface area contributed by atoms with Crippen molar-refractivity contribution in [1.29, 1.82) is 0 Å². The Bertz CT molecular complexity index is 1240. The maximum atomic E-state index is 11.9. The minimum Gasteiger partial charge on any atom is -0.352 e. The van der Waals surface area contributed by atoms with Crippen LogP contribution in [0.25, 0.3) is 0 Å². The molecule has 7 nitrogen and oxygen atoms in total. The molecule has 33 heavy (non-hydrogen) atoms. The monoisotopic (exact) mass is 440 g/mol. The first-order valence-corrected chi connectivity index (χ1v) is 10.9. The third-order valence-electron chi connectivity index (χ3n) is 5.41. The molecule has 2 N–H and O–H groups in total. The topological polar surface area (TPSA) is 76.2 Å². The van der Waals surface area contributed by atoms with Crippen molar-refractivity contribution in [1.82, 2.24) is 25.0 Å². The molecule has 0 aliphatic carbocycles. The van der Waals surface area contributed by atoms with Crippen LogP contribution in [-0.4, -0.2) is 27.4 Å². The van der Waals surface area contributed by atoms with Gasteiger partial charge in [-0.05, 0) is 34.4 Å². The van der Waals surface area contributed by atoms with Gasteiger partial charge in [-0.2, -0.15) is 5.10 Å². The van der Waals surface area contributed by atoms with E-state index >= 15 is 0 Å². The molecule has 0 aliphatic rings. The van der Waals surface area contributed by atoms with E-state index in [0.717, 1.165) is 23.6 Å². The van der Waals surface area contributed by atoms with Gasteiger partial charge in [-0.25, -0.2) is 0 Å². The first-order valence-electron chi connectivity index (χ1n) is 10.9. The molecular weight excluding hydrogens is 412 g/mol. The van der Waals surface area contributed by atoms with Crippen LogP contribution in [0.5, 0.6) is 0 Å². The van der Waals surface area contributed by atoms with Crippen molar-refractivity contribution >= 4 is 5.96 Å². The van der Waals surface area contributed by atoms with Crippen LogP contribution in [0, 0.1) is 0 Å². The van der Waals surface area contributed by atoms with Crippen LogP contribution >= 0.6 is 0 Å². The van der Waals surface area contributed by atoms with Crippen LogP contribution in [0.2, 0.25) is 0 Å². The Morgan fingerprint density at radius 1 is 0.818 bits per heavy atom. The Morgan fingerprint density at radius 3 is 2.27 bits per heavy atom. The molecular formula is C26H28N6O. The van der Waals surface area contributed by atoms with Gasteiger partial charge in [0.05, 0.1) is 13.1 Å². The van der Waals surface area contributed by atoms with Crippen molar-refractivity contribution in [3.05, 3.63) is 124 Å². The highest BCUT2D eigenvalue weighted by molar-refractivity contribution is 5.79. The zero-order chi connectivity index (χ0) is 22.9. The second-order valence-corrected chi connectivity index (χ2v) is 7.73. The van der Waals surface area contributed by atoms with Gasteiger partial charge in [-0.15, -0.1) is 0 Å². The fourth-order valence-electron chi connectivity index (χ4n) is 3.59. The predicted molar refractivity (Wildman–Crippen MR) is 131 cm³/mol. The molecule has 0 aliphatic heterocycles. The zero-order valence-corrected chi connectivity index (χ0v) is 18.7. The number of aliphatic imine (C=N–C) groups is 1. The molecule has 168 valence electrons. The Labute approximate surface area is 193 Å². The predicted octanol–water partition coefficient (Wildman–Crippen LogP) is 3.01. The lowest BCUT2D eigenvalue weighted by molar-refractivity contribution is 0.677. The standard InChI is InChI=1S/C26H28N6O/c1-27-26(29-18-23-7-2-3-8-24(23)20-32-16-6-14-30-32)28-17-21-10-12-22(13-11-21)19-31-15-5-4-9-25(31)33/h2-16H,17-20H2,1H3,(H2,27,28,29). The number of guanidine groups is 1. The first kappa shape index (κ1) is 22.1. The van der Waals surface area contributed by atoms with Crippen LogP contribution in [0.1, 0.15) is 22.3 Å². The number of hydrogen-bond acceptors (Lipinski definition) is 3. The summed E-state index contributed by atoms with van der Waals surface area (Å²) in [6.07, 6.45) is 5.57. The average molecular weight is 441 g/mol. The Hall–Kier alpha value is -4.13. The lowest BCUT2D eigenvalue weighted by atomic mass is 10.1. The molecule has 2 heterocycles. The normalized spacial score (nSPS) is 11.4. The summed E-state index contributed by atoms with van der Waals surface area (Å²) in [5.74, 6) is 0.740. The SMILES string of the molecule is CN=C(NCc1ccc(Cn2ccccc2=O)cc1)NCc1ccccc1Cn1cccn1. The minimum atomic E-state index is 0.00399. The number of hydrogen-bond donors (Lipinski definition) is 2. The molecule has 2 aromatic heterocycles. The second-order valence-electron chi connectivity index (χ2n) is 7.73. The van der Waals surface area contributed by atoms with Crippen LogP contribution in [0.4, 0.5) is 0 Å². The summed E-state index contributed by atoms with van der Waals surface area (Å²) in [6.45, 7) is 2.62. The number of nitrogens with one attached hydrogen (secondary N) is 2. The molecule has 0 spiro atoms. The Balaban J connectivity index is 1.30. The third kappa shape index (κ3) is 6.20. The van der Waals surface area contributed by atoms with E-state index in [-0.39, 0.29) is 5.56 Å². The highest BCUT2D eigenvalue weighted by Crippen LogP contribution is 2.10. The average Bonchev–Trinajstić information content (AvgIpc) is 3.36. The maximum absolute atomic E-state index is 11.9. The van der Waals surface area contributed by atoms with Crippen LogP contribution in [0.15, 0.2) is 101 Å². The molecule has 7 heteroatoms. The molecule has 0 saturated heterocycles. The van der Waals surface area contributed by atoms with Crippen molar-refractivity contribution in [3.63, 3.8) is 0 Å². The molecule has 0 saturated carbocycles. The van der Waals surface area contributed by atoms with Crippen LogP contribution in [0.3, 0.4) is 0 Å².